The maximum absolute atomic E-state index is 13.8. The lowest BCUT2D eigenvalue weighted by Crippen LogP contribution is -2.31. The third-order valence-corrected chi connectivity index (χ3v) is 4.92. The number of fused-ring (bicyclic) bond motifs is 1. The molecule has 3 aromatic rings. The fraction of sp³-hybridized carbons (Fsp3) is 0.217. The van der Waals surface area contributed by atoms with Crippen molar-refractivity contribution < 1.29 is 13.9 Å². The van der Waals surface area contributed by atoms with E-state index in [0.717, 1.165) is 35.4 Å². The molecule has 1 aliphatic rings. The van der Waals surface area contributed by atoms with Gasteiger partial charge in [0.25, 0.3) is 0 Å². The summed E-state index contributed by atoms with van der Waals surface area (Å²) in [5, 5.41) is 3.48. The van der Waals surface area contributed by atoms with Crippen LogP contribution >= 0.6 is 0 Å². The molecule has 0 aromatic heterocycles. The third kappa shape index (κ3) is 3.81. The van der Waals surface area contributed by atoms with Crippen molar-refractivity contribution in [3.8, 4) is 11.5 Å². The smallest absolute Gasteiger partial charge is 0.124 e. The van der Waals surface area contributed by atoms with Gasteiger partial charge < -0.3 is 14.8 Å². The standard InChI is InChI=1S/C23H22FNO2/c1-26-22-10-7-18(24)14-21(22)23-20-9-8-19(13-17(20)11-12-25-23)27-15-16-5-3-2-4-6-16/h2-10,13-14,23,25H,11-12,15H2,1H3. The molecule has 0 spiro atoms. The van der Waals surface area contributed by atoms with E-state index in [2.05, 4.69) is 29.6 Å². The van der Waals surface area contributed by atoms with Crippen molar-refractivity contribution >= 4 is 0 Å². The lowest BCUT2D eigenvalue weighted by Gasteiger charge is -2.29. The molecule has 0 saturated heterocycles. The average molecular weight is 363 g/mol. The fourth-order valence-electron chi connectivity index (χ4n) is 3.58. The van der Waals surface area contributed by atoms with Crippen LogP contribution in [-0.4, -0.2) is 13.7 Å². The summed E-state index contributed by atoms with van der Waals surface area (Å²) in [7, 11) is 1.61. The Balaban J connectivity index is 1.60. The van der Waals surface area contributed by atoms with E-state index in [9.17, 15) is 4.39 Å². The Morgan fingerprint density at radius 2 is 1.85 bits per heavy atom. The van der Waals surface area contributed by atoms with Gasteiger partial charge in [0.2, 0.25) is 0 Å². The summed E-state index contributed by atoms with van der Waals surface area (Å²) in [4.78, 5) is 0. The molecule has 0 fully saturated rings. The normalized spacial score (nSPS) is 15.9. The second kappa shape index (κ2) is 7.80. The van der Waals surface area contributed by atoms with E-state index in [1.807, 2.05) is 24.3 Å². The van der Waals surface area contributed by atoms with Gasteiger partial charge in [-0.05, 0) is 53.4 Å². The minimum Gasteiger partial charge on any atom is -0.496 e. The van der Waals surface area contributed by atoms with Crippen molar-refractivity contribution in [2.75, 3.05) is 13.7 Å². The average Bonchev–Trinajstić information content (AvgIpc) is 2.72. The number of benzene rings is 3. The molecule has 4 heteroatoms. The number of nitrogens with one attached hydrogen (secondary N) is 1. The van der Waals surface area contributed by atoms with Gasteiger partial charge in [-0.1, -0.05) is 36.4 Å². The summed E-state index contributed by atoms with van der Waals surface area (Å²) in [6.07, 6.45) is 0.909. The van der Waals surface area contributed by atoms with Gasteiger partial charge in [0, 0.05) is 12.1 Å². The van der Waals surface area contributed by atoms with E-state index in [0.29, 0.717) is 12.4 Å². The van der Waals surface area contributed by atoms with E-state index in [-0.39, 0.29) is 11.9 Å². The third-order valence-electron chi connectivity index (χ3n) is 4.92. The van der Waals surface area contributed by atoms with Crippen molar-refractivity contribution in [2.45, 2.75) is 19.1 Å². The molecule has 1 N–H and O–H groups in total. The topological polar surface area (TPSA) is 30.5 Å². The van der Waals surface area contributed by atoms with Crippen LogP contribution in [0.3, 0.4) is 0 Å². The van der Waals surface area contributed by atoms with E-state index < -0.39 is 0 Å². The molecular formula is C23H22FNO2. The Morgan fingerprint density at radius 1 is 1.00 bits per heavy atom. The summed E-state index contributed by atoms with van der Waals surface area (Å²) in [6, 6.07) is 20.8. The van der Waals surface area contributed by atoms with Crippen LogP contribution in [0.5, 0.6) is 11.5 Å². The summed E-state index contributed by atoms with van der Waals surface area (Å²) < 4.78 is 25.2. The van der Waals surface area contributed by atoms with Crippen molar-refractivity contribution in [1.82, 2.24) is 5.32 Å². The van der Waals surface area contributed by atoms with Crippen molar-refractivity contribution in [3.63, 3.8) is 0 Å². The maximum atomic E-state index is 13.8. The highest BCUT2D eigenvalue weighted by Crippen LogP contribution is 2.36. The van der Waals surface area contributed by atoms with Gasteiger partial charge in [0.15, 0.2) is 0 Å². The molecule has 0 aliphatic carbocycles. The zero-order valence-corrected chi connectivity index (χ0v) is 15.2. The highest BCUT2D eigenvalue weighted by atomic mass is 19.1. The zero-order valence-electron chi connectivity index (χ0n) is 15.2. The van der Waals surface area contributed by atoms with E-state index in [1.54, 1.807) is 19.2 Å². The quantitative estimate of drug-likeness (QED) is 0.716. The minimum absolute atomic E-state index is 0.0948. The number of hydrogen-bond donors (Lipinski definition) is 1. The van der Waals surface area contributed by atoms with Gasteiger partial charge >= 0.3 is 0 Å². The molecule has 138 valence electrons. The first-order valence-electron chi connectivity index (χ1n) is 9.11. The van der Waals surface area contributed by atoms with Crippen LogP contribution < -0.4 is 14.8 Å². The largest absolute Gasteiger partial charge is 0.496 e. The van der Waals surface area contributed by atoms with E-state index in [4.69, 9.17) is 9.47 Å². The SMILES string of the molecule is COc1ccc(F)cc1C1NCCc2cc(OCc3ccccc3)ccc21. The summed E-state index contributed by atoms with van der Waals surface area (Å²) in [6.45, 7) is 1.36. The molecule has 0 amide bonds. The van der Waals surface area contributed by atoms with Gasteiger partial charge in [-0.2, -0.15) is 0 Å². The molecular weight excluding hydrogens is 341 g/mol. The molecule has 0 bridgehead atoms. The molecule has 3 aromatic carbocycles. The first-order valence-corrected chi connectivity index (χ1v) is 9.11. The van der Waals surface area contributed by atoms with Crippen molar-refractivity contribution in [1.29, 1.82) is 0 Å². The molecule has 0 saturated carbocycles. The Labute approximate surface area is 158 Å². The second-order valence-corrected chi connectivity index (χ2v) is 6.66. The van der Waals surface area contributed by atoms with Gasteiger partial charge in [-0.15, -0.1) is 0 Å². The van der Waals surface area contributed by atoms with Crippen LogP contribution in [0.2, 0.25) is 0 Å². The van der Waals surface area contributed by atoms with Crippen LogP contribution in [0.25, 0.3) is 0 Å². The molecule has 1 aliphatic heterocycles. The molecule has 1 heterocycles. The molecule has 0 radical (unpaired) electrons. The number of ether oxygens (including phenoxy) is 2. The molecule has 27 heavy (non-hydrogen) atoms. The van der Waals surface area contributed by atoms with Gasteiger partial charge in [-0.25, -0.2) is 4.39 Å². The highest BCUT2D eigenvalue weighted by Gasteiger charge is 2.24. The minimum atomic E-state index is -0.262. The highest BCUT2D eigenvalue weighted by molar-refractivity contribution is 5.47. The number of methoxy groups -OCH3 is 1. The Bertz CT molecular complexity index is 927. The van der Waals surface area contributed by atoms with E-state index >= 15 is 0 Å². The fourth-order valence-corrected chi connectivity index (χ4v) is 3.58. The van der Waals surface area contributed by atoms with Crippen molar-refractivity contribution in [3.05, 3.63) is 94.8 Å². The summed E-state index contributed by atoms with van der Waals surface area (Å²) >= 11 is 0. The molecule has 1 atom stereocenters. The first kappa shape index (κ1) is 17.6. The summed E-state index contributed by atoms with van der Waals surface area (Å²) in [5.41, 5.74) is 4.31. The molecule has 1 unspecified atom stereocenters. The molecule has 4 rings (SSSR count). The molecule has 3 nitrogen and oxygen atoms in total. The first-order chi connectivity index (χ1) is 13.2. The van der Waals surface area contributed by atoms with E-state index in [1.165, 1.54) is 11.6 Å². The Kier molecular flexibility index (Phi) is 5.07. The second-order valence-electron chi connectivity index (χ2n) is 6.66. The lowest BCUT2D eigenvalue weighted by atomic mass is 9.89. The number of halogens is 1. The Hall–Kier alpha value is -2.85. The monoisotopic (exact) mass is 363 g/mol. The van der Waals surface area contributed by atoms with Crippen LogP contribution in [0, 0.1) is 5.82 Å². The Morgan fingerprint density at radius 3 is 2.67 bits per heavy atom. The maximum Gasteiger partial charge on any atom is 0.124 e. The number of hydrogen-bond acceptors (Lipinski definition) is 3. The van der Waals surface area contributed by atoms with Gasteiger partial charge in [-0.3, -0.25) is 0 Å². The van der Waals surface area contributed by atoms with Crippen molar-refractivity contribution in [2.24, 2.45) is 0 Å². The predicted octanol–water partition coefficient (Wildman–Crippen LogP) is 4.65. The van der Waals surface area contributed by atoms with Crippen LogP contribution in [0.15, 0.2) is 66.7 Å². The lowest BCUT2D eigenvalue weighted by molar-refractivity contribution is 0.305. The van der Waals surface area contributed by atoms with Crippen LogP contribution in [0.1, 0.15) is 28.3 Å². The summed E-state index contributed by atoms with van der Waals surface area (Å²) in [5.74, 6) is 1.28. The van der Waals surface area contributed by atoms with Gasteiger partial charge in [0.05, 0.1) is 13.2 Å². The van der Waals surface area contributed by atoms with Crippen LogP contribution in [0.4, 0.5) is 4.39 Å². The zero-order chi connectivity index (χ0) is 18.6. The predicted molar refractivity (Wildman–Crippen MR) is 104 cm³/mol. The van der Waals surface area contributed by atoms with Gasteiger partial charge in [0.1, 0.15) is 23.9 Å². The number of rotatable bonds is 5. The van der Waals surface area contributed by atoms with Crippen LogP contribution in [-0.2, 0) is 13.0 Å².